The molecule has 0 aromatic carbocycles. The molecule has 0 bridgehead atoms. The third kappa shape index (κ3) is 4.08. The molecule has 132 valence electrons. The van der Waals surface area contributed by atoms with Gasteiger partial charge in [0.15, 0.2) is 6.61 Å². The fourth-order valence-electron chi connectivity index (χ4n) is 2.33. The number of ether oxygens (including phenoxy) is 2. The summed E-state index contributed by atoms with van der Waals surface area (Å²) in [7, 11) is 0. The molecule has 0 unspecified atom stereocenters. The Bertz CT molecular complexity index is 775. The largest absolute Gasteiger partial charge is 0.462 e. The predicted molar refractivity (Wildman–Crippen MR) is 89.9 cm³/mol. The minimum atomic E-state index is -0.726. The zero-order valence-corrected chi connectivity index (χ0v) is 14.4. The van der Waals surface area contributed by atoms with Crippen molar-refractivity contribution < 1.29 is 28.3 Å². The van der Waals surface area contributed by atoms with E-state index in [0.29, 0.717) is 16.5 Å². The van der Waals surface area contributed by atoms with E-state index in [1.54, 1.807) is 13.0 Å². The SMILES string of the molecule is CCOC(=O)c1c(C2CC2)csc1NC(=O)COC(=O)c1ccco1. The van der Waals surface area contributed by atoms with Crippen LogP contribution in [0.25, 0.3) is 0 Å². The van der Waals surface area contributed by atoms with Crippen LogP contribution in [0.4, 0.5) is 5.00 Å². The topological polar surface area (TPSA) is 94.8 Å². The lowest BCUT2D eigenvalue weighted by Crippen LogP contribution is -2.21. The minimum absolute atomic E-state index is 0.0205. The van der Waals surface area contributed by atoms with Gasteiger partial charge in [0.25, 0.3) is 5.91 Å². The lowest BCUT2D eigenvalue weighted by atomic mass is 10.1. The number of furan rings is 1. The van der Waals surface area contributed by atoms with Gasteiger partial charge in [-0.1, -0.05) is 0 Å². The van der Waals surface area contributed by atoms with Crippen molar-refractivity contribution in [1.82, 2.24) is 0 Å². The van der Waals surface area contributed by atoms with E-state index in [4.69, 9.17) is 13.9 Å². The molecule has 1 amide bonds. The number of amides is 1. The molecular weight excluding hydrogens is 346 g/mol. The molecule has 0 radical (unpaired) electrons. The molecule has 0 saturated heterocycles. The molecule has 2 aromatic rings. The van der Waals surface area contributed by atoms with Gasteiger partial charge in [-0.25, -0.2) is 9.59 Å². The highest BCUT2D eigenvalue weighted by molar-refractivity contribution is 7.15. The molecule has 1 N–H and O–H groups in total. The monoisotopic (exact) mass is 363 g/mol. The van der Waals surface area contributed by atoms with Gasteiger partial charge in [-0.05, 0) is 48.8 Å². The summed E-state index contributed by atoms with van der Waals surface area (Å²) in [5.74, 6) is -1.34. The molecule has 1 aliphatic rings. The standard InChI is InChI=1S/C17H17NO6S/c1-2-22-17(21)14-11(10-5-6-10)9-25-15(14)18-13(19)8-24-16(20)12-4-3-7-23-12/h3-4,7,9-10H,2,5-6,8H2,1H3,(H,18,19). The molecule has 1 aliphatic carbocycles. The normalized spacial score (nSPS) is 13.3. The molecule has 1 fully saturated rings. The third-order valence-corrected chi connectivity index (χ3v) is 4.54. The molecule has 3 rings (SSSR count). The summed E-state index contributed by atoms with van der Waals surface area (Å²) >= 11 is 1.27. The number of carbonyl (C=O) groups excluding carboxylic acids is 3. The second-order valence-electron chi connectivity index (χ2n) is 5.49. The van der Waals surface area contributed by atoms with Crippen LogP contribution in [0.5, 0.6) is 0 Å². The van der Waals surface area contributed by atoms with Crippen LogP contribution in [-0.4, -0.2) is 31.1 Å². The van der Waals surface area contributed by atoms with Gasteiger partial charge in [0.2, 0.25) is 5.76 Å². The first-order valence-electron chi connectivity index (χ1n) is 7.89. The molecule has 0 atom stereocenters. The number of hydrogen-bond acceptors (Lipinski definition) is 7. The van der Waals surface area contributed by atoms with E-state index in [1.165, 1.54) is 23.7 Å². The Hall–Kier alpha value is -2.61. The van der Waals surface area contributed by atoms with Gasteiger partial charge in [0.1, 0.15) is 5.00 Å². The van der Waals surface area contributed by atoms with E-state index in [9.17, 15) is 14.4 Å². The Morgan fingerprint density at radius 3 is 2.72 bits per heavy atom. The highest BCUT2D eigenvalue weighted by atomic mass is 32.1. The smallest absolute Gasteiger partial charge is 0.374 e. The van der Waals surface area contributed by atoms with Crippen LogP contribution >= 0.6 is 11.3 Å². The van der Waals surface area contributed by atoms with Crippen LogP contribution in [-0.2, 0) is 14.3 Å². The lowest BCUT2D eigenvalue weighted by Gasteiger charge is -2.08. The van der Waals surface area contributed by atoms with Crippen LogP contribution in [0.15, 0.2) is 28.2 Å². The van der Waals surface area contributed by atoms with Crippen molar-refractivity contribution in [2.75, 3.05) is 18.5 Å². The fourth-order valence-corrected chi connectivity index (χ4v) is 3.38. The Labute approximate surface area is 147 Å². The zero-order chi connectivity index (χ0) is 17.8. The molecule has 0 aliphatic heterocycles. The van der Waals surface area contributed by atoms with E-state index in [2.05, 4.69) is 5.32 Å². The molecular formula is C17H17NO6S. The van der Waals surface area contributed by atoms with E-state index in [0.717, 1.165) is 18.4 Å². The first-order chi connectivity index (χ1) is 12.1. The van der Waals surface area contributed by atoms with Gasteiger partial charge in [-0.3, -0.25) is 4.79 Å². The second-order valence-corrected chi connectivity index (χ2v) is 6.37. The van der Waals surface area contributed by atoms with Crippen LogP contribution in [0.3, 0.4) is 0 Å². The molecule has 2 aromatic heterocycles. The van der Waals surface area contributed by atoms with Gasteiger partial charge in [0, 0.05) is 0 Å². The van der Waals surface area contributed by atoms with Crippen LogP contribution in [0.1, 0.15) is 52.2 Å². The van der Waals surface area contributed by atoms with Gasteiger partial charge in [-0.2, -0.15) is 0 Å². The summed E-state index contributed by atoms with van der Waals surface area (Å²) in [6.45, 7) is 1.51. The second kappa shape index (κ2) is 7.52. The van der Waals surface area contributed by atoms with Crippen molar-refractivity contribution in [3.63, 3.8) is 0 Å². The number of thiophene rings is 1. The van der Waals surface area contributed by atoms with Crippen molar-refractivity contribution in [1.29, 1.82) is 0 Å². The Kier molecular flexibility index (Phi) is 5.18. The first-order valence-corrected chi connectivity index (χ1v) is 8.77. The van der Waals surface area contributed by atoms with Crippen molar-refractivity contribution in [2.24, 2.45) is 0 Å². The summed E-state index contributed by atoms with van der Waals surface area (Å²) in [6.07, 6.45) is 3.39. The maximum absolute atomic E-state index is 12.2. The minimum Gasteiger partial charge on any atom is -0.462 e. The van der Waals surface area contributed by atoms with Crippen molar-refractivity contribution >= 4 is 34.2 Å². The number of anilines is 1. The maximum atomic E-state index is 12.2. The van der Waals surface area contributed by atoms with E-state index in [-0.39, 0.29) is 12.4 Å². The van der Waals surface area contributed by atoms with E-state index < -0.39 is 24.5 Å². The lowest BCUT2D eigenvalue weighted by molar-refractivity contribution is -0.119. The van der Waals surface area contributed by atoms with Crippen LogP contribution < -0.4 is 5.32 Å². The van der Waals surface area contributed by atoms with Crippen LogP contribution in [0.2, 0.25) is 0 Å². The third-order valence-electron chi connectivity index (χ3n) is 3.63. The number of rotatable bonds is 7. The number of nitrogens with one attached hydrogen (secondary N) is 1. The average Bonchev–Trinajstić information content (AvgIpc) is 3.12. The molecule has 2 heterocycles. The maximum Gasteiger partial charge on any atom is 0.374 e. The quantitative estimate of drug-likeness (QED) is 0.759. The first kappa shape index (κ1) is 17.2. The highest BCUT2D eigenvalue weighted by Crippen LogP contribution is 2.46. The molecule has 7 nitrogen and oxygen atoms in total. The van der Waals surface area contributed by atoms with Gasteiger partial charge < -0.3 is 19.2 Å². The zero-order valence-electron chi connectivity index (χ0n) is 13.6. The van der Waals surface area contributed by atoms with E-state index in [1.807, 2.05) is 5.38 Å². The molecule has 8 heteroatoms. The summed E-state index contributed by atoms with van der Waals surface area (Å²) < 4.78 is 14.9. The van der Waals surface area contributed by atoms with Gasteiger partial charge >= 0.3 is 11.9 Å². The Morgan fingerprint density at radius 2 is 2.08 bits per heavy atom. The number of esters is 2. The summed E-state index contributed by atoms with van der Waals surface area (Å²) in [5, 5.41) is 4.91. The van der Waals surface area contributed by atoms with Crippen molar-refractivity contribution in [3.8, 4) is 0 Å². The number of hydrogen-bond donors (Lipinski definition) is 1. The summed E-state index contributed by atoms with van der Waals surface area (Å²) in [4.78, 5) is 35.9. The van der Waals surface area contributed by atoms with Crippen molar-refractivity contribution in [3.05, 3.63) is 40.7 Å². The Morgan fingerprint density at radius 1 is 1.28 bits per heavy atom. The van der Waals surface area contributed by atoms with E-state index >= 15 is 0 Å². The predicted octanol–water partition coefficient (Wildman–Crippen LogP) is 3.19. The molecule has 0 spiro atoms. The Balaban J connectivity index is 1.64. The number of carbonyl (C=O) groups is 3. The summed E-state index contributed by atoms with van der Waals surface area (Å²) in [5.41, 5.74) is 1.31. The van der Waals surface area contributed by atoms with Crippen molar-refractivity contribution in [2.45, 2.75) is 25.7 Å². The molecule has 25 heavy (non-hydrogen) atoms. The average molecular weight is 363 g/mol. The van der Waals surface area contributed by atoms with Gasteiger partial charge in [-0.15, -0.1) is 11.3 Å². The van der Waals surface area contributed by atoms with Crippen LogP contribution in [0, 0.1) is 0 Å². The fraction of sp³-hybridized carbons (Fsp3) is 0.353. The summed E-state index contributed by atoms with van der Waals surface area (Å²) in [6, 6.07) is 2.99. The van der Waals surface area contributed by atoms with Gasteiger partial charge in [0.05, 0.1) is 18.4 Å². The molecule has 1 saturated carbocycles. The highest BCUT2D eigenvalue weighted by Gasteiger charge is 2.32.